The molecule has 138 valence electrons. The van der Waals surface area contributed by atoms with E-state index >= 15 is 0 Å². The van der Waals surface area contributed by atoms with Crippen molar-refractivity contribution < 1.29 is 19.2 Å². The van der Waals surface area contributed by atoms with Gasteiger partial charge >= 0.3 is 12.1 Å². The number of hydrogen-bond donors (Lipinski definition) is 3. The van der Waals surface area contributed by atoms with E-state index < -0.39 is 18.0 Å². The third kappa shape index (κ3) is 4.09. The summed E-state index contributed by atoms with van der Waals surface area (Å²) in [6, 6.07) is -1.28. The molecule has 3 fully saturated rings. The lowest BCUT2D eigenvalue weighted by molar-refractivity contribution is -0.125. The topological polar surface area (TPSA) is 111 Å². The fourth-order valence-electron chi connectivity index (χ4n) is 3.82. The highest BCUT2D eigenvalue weighted by molar-refractivity contribution is 6.04. The number of carbonyl (C=O) groups is 4. The van der Waals surface area contributed by atoms with E-state index in [1.165, 1.54) is 11.3 Å². The van der Waals surface area contributed by atoms with E-state index in [2.05, 4.69) is 22.9 Å². The molecule has 0 aromatic rings. The minimum atomic E-state index is -0.550. The lowest BCUT2D eigenvalue weighted by Gasteiger charge is -2.34. The van der Waals surface area contributed by atoms with Gasteiger partial charge in [-0.15, -0.1) is 0 Å². The average Bonchev–Trinajstić information content (AvgIpc) is 2.83. The van der Waals surface area contributed by atoms with Crippen LogP contribution in [0.15, 0.2) is 0 Å². The number of amides is 6. The first-order valence-corrected chi connectivity index (χ1v) is 8.88. The molecule has 0 aromatic heterocycles. The standard InChI is InChI=1S/C16H25N5O4/c1-10-4-2-3-5-11(10)17-15(24)18-13(22)9-20-6-7-21-12(8-20)14(23)19-16(21)25/h10-12H,2-9H2,1H3,(H,19,23,25)(H2,17,18,22,24)/t10-,11-,12+/m1/s1. The molecule has 6 amide bonds. The van der Waals surface area contributed by atoms with Crippen LogP contribution in [0, 0.1) is 5.92 Å². The quantitative estimate of drug-likeness (QED) is 0.601. The second kappa shape index (κ2) is 7.38. The van der Waals surface area contributed by atoms with E-state index in [-0.39, 0.29) is 24.5 Å². The van der Waals surface area contributed by atoms with Gasteiger partial charge < -0.3 is 10.2 Å². The van der Waals surface area contributed by atoms with E-state index in [4.69, 9.17) is 0 Å². The Hall–Kier alpha value is -2.16. The van der Waals surface area contributed by atoms with E-state index in [1.807, 2.05) is 0 Å². The Labute approximate surface area is 146 Å². The predicted molar refractivity (Wildman–Crippen MR) is 88.6 cm³/mol. The molecule has 0 spiro atoms. The van der Waals surface area contributed by atoms with Crippen molar-refractivity contribution in [3.63, 3.8) is 0 Å². The van der Waals surface area contributed by atoms with E-state index in [0.717, 1.165) is 19.3 Å². The number of hydrogen-bond acceptors (Lipinski definition) is 5. The maximum absolute atomic E-state index is 12.1. The van der Waals surface area contributed by atoms with Crippen molar-refractivity contribution in [3.8, 4) is 0 Å². The van der Waals surface area contributed by atoms with Crippen molar-refractivity contribution in [3.05, 3.63) is 0 Å². The molecule has 3 atom stereocenters. The molecule has 2 aliphatic heterocycles. The average molecular weight is 351 g/mol. The summed E-state index contributed by atoms with van der Waals surface area (Å²) in [5, 5.41) is 7.51. The fraction of sp³-hybridized carbons (Fsp3) is 0.750. The number of carbonyl (C=O) groups excluding carboxylic acids is 4. The normalized spacial score (nSPS) is 29.8. The van der Waals surface area contributed by atoms with Crippen LogP contribution in [0.2, 0.25) is 0 Å². The summed E-state index contributed by atoms with van der Waals surface area (Å²) in [6.07, 6.45) is 4.31. The highest BCUT2D eigenvalue weighted by atomic mass is 16.2. The molecule has 3 N–H and O–H groups in total. The van der Waals surface area contributed by atoms with Crippen LogP contribution in [0.25, 0.3) is 0 Å². The minimum absolute atomic E-state index is 0.0272. The molecule has 9 nitrogen and oxygen atoms in total. The van der Waals surface area contributed by atoms with Crippen LogP contribution in [0.4, 0.5) is 9.59 Å². The van der Waals surface area contributed by atoms with Crippen LogP contribution < -0.4 is 16.0 Å². The summed E-state index contributed by atoms with van der Waals surface area (Å²) in [6.45, 7) is 3.32. The van der Waals surface area contributed by atoms with Crippen LogP contribution in [0.5, 0.6) is 0 Å². The molecule has 1 aliphatic carbocycles. The zero-order valence-corrected chi connectivity index (χ0v) is 14.4. The SMILES string of the molecule is C[C@@H]1CCCC[C@H]1NC(=O)NC(=O)CN1CCN2C(=O)NC(=O)[C@@H]2C1. The third-order valence-corrected chi connectivity index (χ3v) is 5.31. The first kappa shape index (κ1) is 17.7. The van der Waals surface area contributed by atoms with Gasteiger partial charge in [0.05, 0.1) is 6.54 Å². The smallest absolute Gasteiger partial charge is 0.324 e. The van der Waals surface area contributed by atoms with Crippen LogP contribution in [-0.2, 0) is 9.59 Å². The van der Waals surface area contributed by atoms with Crippen LogP contribution in [-0.4, -0.2) is 71.9 Å². The third-order valence-electron chi connectivity index (χ3n) is 5.31. The molecule has 3 aliphatic rings. The Morgan fingerprint density at radius 1 is 1.20 bits per heavy atom. The van der Waals surface area contributed by atoms with E-state index in [0.29, 0.717) is 25.6 Å². The van der Waals surface area contributed by atoms with Crippen molar-refractivity contribution in [2.45, 2.75) is 44.7 Å². The molecular weight excluding hydrogens is 326 g/mol. The molecule has 3 rings (SSSR count). The summed E-state index contributed by atoms with van der Waals surface area (Å²) in [7, 11) is 0. The molecule has 0 radical (unpaired) electrons. The maximum atomic E-state index is 12.1. The Kier molecular flexibility index (Phi) is 5.22. The van der Waals surface area contributed by atoms with Crippen molar-refractivity contribution in [1.29, 1.82) is 0 Å². The maximum Gasteiger partial charge on any atom is 0.324 e. The van der Waals surface area contributed by atoms with Crippen LogP contribution in [0.3, 0.4) is 0 Å². The summed E-state index contributed by atoms with van der Waals surface area (Å²) in [5.41, 5.74) is 0. The Balaban J connectivity index is 1.44. The Morgan fingerprint density at radius 3 is 2.72 bits per heavy atom. The van der Waals surface area contributed by atoms with E-state index in [1.54, 1.807) is 4.90 Å². The van der Waals surface area contributed by atoms with Crippen molar-refractivity contribution in [2.24, 2.45) is 5.92 Å². The highest BCUT2D eigenvalue weighted by Crippen LogP contribution is 2.23. The van der Waals surface area contributed by atoms with Gasteiger partial charge in [0.1, 0.15) is 6.04 Å². The number of piperazine rings is 1. The van der Waals surface area contributed by atoms with Crippen molar-refractivity contribution in [2.75, 3.05) is 26.2 Å². The number of rotatable bonds is 3. The number of nitrogens with zero attached hydrogens (tertiary/aromatic N) is 2. The zero-order chi connectivity index (χ0) is 18.0. The summed E-state index contributed by atoms with van der Waals surface area (Å²) in [5.74, 6) is -0.320. The molecule has 2 saturated heterocycles. The van der Waals surface area contributed by atoms with Crippen molar-refractivity contribution in [1.82, 2.24) is 25.8 Å². The first-order chi connectivity index (χ1) is 11.9. The van der Waals surface area contributed by atoms with Gasteiger partial charge in [-0.3, -0.25) is 25.1 Å². The zero-order valence-electron chi connectivity index (χ0n) is 14.4. The number of fused-ring (bicyclic) bond motifs is 1. The molecule has 9 heteroatoms. The Bertz CT molecular complexity index is 581. The summed E-state index contributed by atoms with van der Waals surface area (Å²) in [4.78, 5) is 50.6. The van der Waals surface area contributed by atoms with Gasteiger partial charge in [0, 0.05) is 25.7 Å². The van der Waals surface area contributed by atoms with Gasteiger partial charge in [-0.1, -0.05) is 19.8 Å². The first-order valence-electron chi connectivity index (χ1n) is 8.88. The van der Waals surface area contributed by atoms with Gasteiger partial charge in [0.2, 0.25) is 5.91 Å². The Morgan fingerprint density at radius 2 is 1.96 bits per heavy atom. The molecule has 1 saturated carbocycles. The lowest BCUT2D eigenvalue weighted by atomic mass is 9.86. The molecular formula is C16H25N5O4. The number of nitrogens with one attached hydrogen (secondary N) is 3. The molecule has 25 heavy (non-hydrogen) atoms. The fourth-order valence-corrected chi connectivity index (χ4v) is 3.82. The molecule has 0 unspecified atom stereocenters. The van der Waals surface area contributed by atoms with E-state index in [9.17, 15) is 19.2 Å². The summed E-state index contributed by atoms with van der Waals surface area (Å²) < 4.78 is 0. The highest BCUT2D eigenvalue weighted by Gasteiger charge is 2.42. The van der Waals surface area contributed by atoms with Gasteiger partial charge in [0.25, 0.3) is 5.91 Å². The van der Waals surface area contributed by atoms with Gasteiger partial charge in [0.15, 0.2) is 0 Å². The summed E-state index contributed by atoms with van der Waals surface area (Å²) >= 11 is 0. The molecule has 2 heterocycles. The van der Waals surface area contributed by atoms with Gasteiger partial charge in [-0.2, -0.15) is 0 Å². The van der Waals surface area contributed by atoms with Crippen LogP contribution >= 0.6 is 0 Å². The van der Waals surface area contributed by atoms with Crippen LogP contribution in [0.1, 0.15) is 32.6 Å². The number of imide groups is 2. The monoisotopic (exact) mass is 351 g/mol. The lowest BCUT2D eigenvalue weighted by Crippen LogP contribution is -2.56. The largest absolute Gasteiger partial charge is 0.335 e. The predicted octanol–water partition coefficient (Wildman–Crippen LogP) is -0.373. The second-order valence-electron chi connectivity index (χ2n) is 7.13. The second-order valence-corrected chi connectivity index (χ2v) is 7.13. The molecule has 0 bridgehead atoms. The number of urea groups is 2. The minimum Gasteiger partial charge on any atom is -0.335 e. The van der Waals surface area contributed by atoms with Gasteiger partial charge in [-0.05, 0) is 18.8 Å². The van der Waals surface area contributed by atoms with Gasteiger partial charge in [-0.25, -0.2) is 9.59 Å². The molecule has 0 aromatic carbocycles. The van der Waals surface area contributed by atoms with Crippen molar-refractivity contribution >= 4 is 23.9 Å².